The van der Waals surface area contributed by atoms with E-state index in [0.717, 1.165) is 24.3 Å². The van der Waals surface area contributed by atoms with Gasteiger partial charge in [0.25, 0.3) is 5.91 Å². The maximum Gasteiger partial charge on any atom is 0.252 e. The molecule has 0 atom stereocenters. The molecule has 0 bridgehead atoms. The Bertz CT molecular complexity index is 542. The molecule has 1 N–H and O–H groups in total. The standard InChI is InChI=1S/C14H17N3O2S/c1-19-10-12(18)15-14-17-16-13(20-14)9-5-8-11-6-3-2-4-7-11/h2-4,6-7H,5,8-10H2,1H3,(H,15,17,18). The topological polar surface area (TPSA) is 64.1 Å². The van der Waals surface area contributed by atoms with Crippen LogP contribution in [0.2, 0.25) is 0 Å². The predicted octanol–water partition coefficient (Wildman–Crippen LogP) is 2.30. The summed E-state index contributed by atoms with van der Waals surface area (Å²) >= 11 is 1.41. The van der Waals surface area contributed by atoms with Gasteiger partial charge >= 0.3 is 0 Å². The van der Waals surface area contributed by atoms with Gasteiger partial charge in [0.15, 0.2) is 0 Å². The molecule has 0 saturated heterocycles. The Labute approximate surface area is 122 Å². The zero-order chi connectivity index (χ0) is 14.2. The van der Waals surface area contributed by atoms with Gasteiger partial charge in [-0.3, -0.25) is 10.1 Å². The van der Waals surface area contributed by atoms with Gasteiger partial charge in [-0.15, -0.1) is 10.2 Å². The maximum absolute atomic E-state index is 11.3. The predicted molar refractivity (Wildman–Crippen MR) is 78.9 cm³/mol. The third-order valence-corrected chi connectivity index (χ3v) is 3.59. The smallest absolute Gasteiger partial charge is 0.252 e. The van der Waals surface area contributed by atoms with Crippen LogP contribution in [0.25, 0.3) is 0 Å². The third-order valence-electron chi connectivity index (χ3n) is 2.69. The number of nitrogens with one attached hydrogen (secondary N) is 1. The molecule has 106 valence electrons. The fourth-order valence-corrected chi connectivity index (χ4v) is 2.58. The number of rotatable bonds is 7. The molecular formula is C14H17N3O2S. The first-order valence-corrected chi connectivity index (χ1v) is 7.24. The summed E-state index contributed by atoms with van der Waals surface area (Å²) < 4.78 is 4.74. The number of methoxy groups -OCH3 is 1. The molecular weight excluding hydrogens is 274 g/mol. The van der Waals surface area contributed by atoms with Gasteiger partial charge in [-0.25, -0.2) is 0 Å². The van der Waals surface area contributed by atoms with Crippen molar-refractivity contribution in [2.24, 2.45) is 0 Å². The number of aromatic nitrogens is 2. The van der Waals surface area contributed by atoms with Crippen LogP contribution < -0.4 is 5.32 Å². The van der Waals surface area contributed by atoms with Crippen LogP contribution in [-0.4, -0.2) is 29.8 Å². The lowest BCUT2D eigenvalue weighted by Gasteiger charge is -1.99. The lowest BCUT2D eigenvalue weighted by atomic mass is 10.1. The molecule has 20 heavy (non-hydrogen) atoms. The van der Waals surface area contributed by atoms with Crippen LogP contribution in [0.15, 0.2) is 30.3 Å². The molecule has 2 rings (SSSR count). The summed E-state index contributed by atoms with van der Waals surface area (Å²) in [6.07, 6.45) is 2.91. The lowest BCUT2D eigenvalue weighted by molar-refractivity contribution is -0.119. The Kier molecular flexibility index (Phi) is 5.64. The summed E-state index contributed by atoms with van der Waals surface area (Å²) in [4.78, 5) is 11.3. The minimum absolute atomic E-state index is 0.0307. The van der Waals surface area contributed by atoms with E-state index >= 15 is 0 Å². The van der Waals surface area contributed by atoms with E-state index in [-0.39, 0.29) is 12.5 Å². The Hall–Kier alpha value is -1.79. The number of carbonyl (C=O) groups is 1. The molecule has 0 fully saturated rings. The van der Waals surface area contributed by atoms with E-state index in [0.29, 0.717) is 5.13 Å². The van der Waals surface area contributed by atoms with Crippen LogP contribution >= 0.6 is 11.3 Å². The van der Waals surface area contributed by atoms with Gasteiger partial charge < -0.3 is 4.74 Å². The Morgan fingerprint density at radius 3 is 2.80 bits per heavy atom. The van der Waals surface area contributed by atoms with Crippen molar-refractivity contribution in [3.8, 4) is 0 Å². The first kappa shape index (κ1) is 14.6. The molecule has 1 heterocycles. The van der Waals surface area contributed by atoms with Crippen molar-refractivity contribution < 1.29 is 9.53 Å². The van der Waals surface area contributed by atoms with Crippen LogP contribution in [-0.2, 0) is 22.4 Å². The lowest BCUT2D eigenvalue weighted by Crippen LogP contribution is -2.16. The van der Waals surface area contributed by atoms with Crippen molar-refractivity contribution >= 4 is 22.4 Å². The molecule has 0 saturated carbocycles. The SMILES string of the molecule is COCC(=O)Nc1nnc(CCCc2ccccc2)s1. The summed E-state index contributed by atoms with van der Waals surface area (Å²) in [6.45, 7) is 0.0307. The molecule has 0 radical (unpaired) electrons. The third kappa shape index (κ3) is 4.71. The van der Waals surface area contributed by atoms with Crippen LogP contribution in [0.3, 0.4) is 0 Å². The number of amides is 1. The van der Waals surface area contributed by atoms with E-state index in [1.54, 1.807) is 0 Å². The zero-order valence-electron chi connectivity index (χ0n) is 11.3. The molecule has 1 aromatic carbocycles. The van der Waals surface area contributed by atoms with Gasteiger partial charge in [0.1, 0.15) is 11.6 Å². The van der Waals surface area contributed by atoms with Gasteiger partial charge in [-0.2, -0.15) is 0 Å². The second-order valence-corrected chi connectivity index (χ2v) is 5.38. The summed E-state index contributed by atoms with van der Waals surface area (Å²) in [5.41, 5.74) is 1.32. The number of ether oxygens (including phenoxy) is 1. The highest BCUT2D eigenvalue weighted by Gasteiger charge is 2.07. The number of hydrogen-bond donors (Lipinski definition) is 1. The second kappa shape index (κ2) is 7.72. The largest absolute Gasteiger partial charge is 0.375 e. The minimum Gasteiger partial charge on any atom is -0.375 e. The molecule has 0 unspecified atom stereocenters. The van der Waals surface area contributed by atoms with E-state index in [1.807, 2.05) is 18.2 Å². The number of hydrogen-bond acceptors (Lipinski definition) is 5. The fraction of sp³-hybridized carbons (Fsp3) is 0.357. The highest BCUT2D eigenvalue weighted by atomic mass is 32.1. The van der Waals surface area contributed by atoms with Crippen LogP contribution in [0.4, 0.5) is 5.13 Å². The van der Waals surface area contributed by atoms with Crippen molar-refractivity contribution in [1.29, 1.82) is 0 Å². The van der Waals surface area contributed by atoms with E-state index in [1.165, 1.54) is 24.0 Å². The first-order chi connectivity index (χ1) is 9.78. The Balaban J connectivity index is 1.77. The maximum atomic E-state index is 11.3. The number of benzene rings is 1. The Morgan fingerprint density at radius 1 is 1.25 bits per heavy atom. The number of aryl methyl sites for hydroxylation is 2. The van der Waals surface area contributed by atoms with Crippen LogP contribution in [0.1, 0.15) is 17.0 Å². The summed E-state index contributed by atoms with van der Waals surface area (Å²) in [5, 5.41) is 12.1. The molecule has 0 aliphatic heterocycles. The number of carbonyl (C=O) groups excluding carboxylic acids is 1. The van der Waals surface area contributed by atoms with Crippen molar-refractivity contribution in [2.45, 2.75) is 19.3 Å². The van der Waals surface area contributed by atoms with Gasteiger partial charge in [0.2, 0.25) is 5.13 Å². The molecule has 2 aromatic rings. The quantitative estimate of drug-likeness (QED) is 0.850. The molecule has 5 nitrogen and oxygen atoms in total. The van der Waals surface area contributed by atoms with Crippen molar-refractivity contribution in [3.05, 3.63) is 40.9 Å². The van der Waals surface area contributed by atoms with Crippen molar-refractivity contribution in [2.75, 3.05) is 19.0 Å². The monoisotopic (exact) mass is 291 g/mol. The number of nitrogens with zero attached hydrogens (tertiary/aromatic N) is 2. The average Bonchev–Trinajstić information content (AvgIpc) is 2.88. The zero-order valence-corrected chi connectivity index (χ0v) is 12.2. The van der Waals surface area contributed by atoms with Gasteiger partial charge in [-0.1, -0.05) is 41.7 Å². The number of anilines is 1. The second-order valence-electron chi connectivity index (χ2n) is 4.32. The van der Waals surface area contributed by atoms with Gasteiger partial charge in [0, 0.05) is 13.5 Å². The molecule has 1 aromatic heterocycles. The summed E-state index contributed by atoms with van der Waals surface area (Å²) in [6, 6.07) is 10.4. The van der Waals surface area contributed by atoms with Crippen LogP contribution in [0, 0.1) is 0 Å². The van der Waals surface area contributed by atoms with Gasteiger partial charge in [0.05, 0.1) is 0 Å². The van der Waals surface area contributed by atoms with Crippen molar-refractivity contribution in [1.82, 2.24) is 10.2 Å². The summed E-state index contributed by atoms with van der Waals surface area (Å²) in [7, 11) is 1.48. The van der Waals surface area contributed by atoms with Crippen LogP contribution in [0.5, 0.6) is 0 Å². The van der Waals surface area contributed by atoms with Crippen molar-refractivity contribution in [3.63, 3.8) is 0 Å². The Morgan fingerprint density at radius 2 is 2.05 bits per heavy atom. The summed E-state index contributed by atoms with van der Waals surface area (Å²) in [5.74, 6) is -0.209. The molecule has 6 heteroatoms. The molecule has 0 spiro atoms. The highest BCUT2D eigenvalue weighted by Crippen LogP contribution is 2.17. The first-order valence-electron chi connectivity index (χ1n) is 6.43. The van der Waals surface area contributed by atoms with Gasteiger partial charge in [-0.05, 0) is 18.4 Å². The highest BCUT2D eigenvalue weighted by molar-refractivity contribution is 7.15. The molecule has 1 amide bonds. The minimum atomic E-state index is -0.209. The van der Waals surface area contributed by atoms with E-state index in [9.17, 15) is 4.79 Å². The van der Waals surface area contributed by atoms with E-state index in [4.69, 9.17) is 4.74 Å². The molecule has 0 aliphatic carbocycles. The molecule has 0 aliphatic rings. The van der Waals surface area contributed by atoms with E-state index < -0.39 is 0 Å². The van der Waals surface area contributed by atoms with E-state index in [2.05, 4.69) is 27.6 Å². The fourth-order valence-electron chi connectivity index (χ4n) is 1.78. The normalized spacial score (nSPS) is 10.4. The average molecular weight is 291 g/mol.